The van der Waals surface area contributed by atoms with Crippen LogP contribution in [0.1, 0.15) is 87.0 Å². The van der Waals surface area contributed by atoms with Crippen LogP contribution in [-0.2, 0) is 66.4 Å². The molecule has 11 aliphatic rings. The third-order valence-corrected chi connectivity index (χ3v) is 21.4. The summed E-state index contributed by atoms with van der Waals surface area (Å²) in [6.07, 6.45) is -29.5. The molecule has 27 nitrogen and oxygen atoms in total. The molecule has 1 spiro atoms. The Balaban J connectivity index is 0.856. The van der Waals surface area contributed by atoms with Gasteiger partial charge in [0.1, 0.15) is 85.0 Å². The number of aliphatic hydroxyl groups excluding tert-OH is 12. The van der Waals surface area contributed by atoms with Crippen molar-refractivity contribution < 1.29 is 133 Å². The highest BCUT2D eigenvalue weighted by Crippen LogP contribution is 2.71. The molecule has 7 aliphatic heterocycles. The van der Waals surface area contributed by atoms with Gasteiger partial charge in [-0.1, -0.05) is 39.3 Å². The highest BCUT2D eigenvalue weighted by Gasteiger charge is 2.72. The highest BCUT2D eigenvalue weighted by atomic mass is 16.8. The van der Waals surface area contributed by atoms with E-state index in [0.29, 0.717) is 19.3 Å². The van der Waals surface area contributed by atoms with Gasteiger partial charge in [-0.3, -0.25) is 4.79 Å². The Kier molecular flexibility index (Phi) is 17.8. The number of ether oxygens (including phenoxy) is 13. The van der Waals surface area contributed by atoms with Crippen LogP contribution in [0.3, 0.4) is 0 Å². The number of rotatable bonds is 12. The van der Waals surface area contributed by atoms with Gasteiger partial charge < -0.3 is 128 Å². The van der Waals surface area contributed by atoms with E-state index in [1.807, 2.05) is 13.8 Å². The Morgan fingerprint density at radius 3 is 2.01 bits per heavy atom. The topological polar surface area (TPSA) is 400 Å². The first kappa shape index (κ1) is 62.8. The fraction of sp³-hybridized carbons (Fsp3) is 0.946. The van der Waals surface area contributed by atoms with Gasteiger partial charge in [0.25, 0.3) is 0 Å². The van der Waals surface area contributed by atoms with Crippen molar-refractivity contribution in [3.63, 3.8) is 0 Å². The van der Waals surface area contributed by atoms with Gasteiger partial charge in [-0.05, 0) is 75.0 Å². The summed E-state index contributed by atoms with van der Waals surface area (Å²) in [5.74, 6) is -2.84. The lowest BCUT2D eigenvalue weighted by atomic mass is 9.46. The van der Waals surface area contributed by atoms with Gasteiger partial charge >= 0.3 is 5.97 Å². The van der Waals surface area contributed by atoms with E-state index in [1.165, 1.54) is 6.92 Å². The Morgan fingerprint density at radius 1 is 0.651 bits per heavy atom. The first-order valence-electron chi connectivity index (χ1n) is 29.6. The molecule has 7 saturated heterocycles. The number of carbonyl (C=O) groups is 1. The Bertz CT molecular complexity index is 2320. The molecule has 4 aliphatic carbocycles. The van der Waals surface area contributed by atoms with Crippen molar-refractivity contribution in [2.75, 3.05) is 33.0 Å². The maximum Gasteiger partial charge on any atom is 0.303 e. The minimum atomic E-state index is -2.13. The lowest BCUT2D eigenvalue weighted by Gasteiger charge is -2.61. The number of hydrogen-bond acceptors (Lipinski definition) is 27. The normalized spacial score (nSPS) is 57.1. The summed E-state index contributed by atoms with van der Waals surface area (Å²) in [7, 11) is 0. The molecule has 0 aromatic heterocycles. The van der Waals surface area contributed by atoms with Crippen molar-refractivity contribution >= 4 is 5.97 Å². The van der Waals surface area contributed by atoms with Crippen LogP contribution in [0.5, 0.6) is 0 Å². The second-order valence-corrected chi connectivity index (χ2v) is 26.3. The molecule has 83 heavy (non-hydrogen) atoms. The molecule has 0 unspecified atom stereocenters. The van der Waals surface area contributed by atoms with Crippen molar-refractivity contribution in [1.29, 1.82) is 0 Å². The Morgan fingerprint density at radius 2 is 1.30 bits per heavy atom. The van der Waals surface area contributed by atoms with Crippen LogP contribution in [0.25, 0.3) is 0 Å². The number of allylic oxidation sites excluding steroid dienone is 1. The van der Waals surface area contributed by atoms with Crippen LogP contribution in [0.4, 0.5) is 0 Å². The summed E-state index contributed by atoms with van der Waals surface area (Å²) in [4.78, 5) is 12.5. The number of esters is 1. The minimum absolute atomic E-state index is 0.0223. The zero-order valence-corrected chi connectivity index (χ0v) is 47.8. The summed E-state index contributed by atoms with van der Waals surface area (Å²) in [6.45, 7) is 10.3. The van der Waals surface area contributed by atoms with Gasteiger partial charge in [0.15, 0.2) is 43.3 Å². The maximum absolute atomic E-state index is 12.5. The quantitative estimate of drug-likeness (QED) is 0.0660. The monoisotopic (exact) mass is 1190 g/mol. The van der Waals surface area contributed by atoms with E-state index < -0.39 is 197 Å². The van der Waals surface area contributed by atoms with E-state index >= 15 is 0 Å². The lowest BCUT2D eigenvalue weighted by Crippen LogP contribution is -2.66. The third-order valence-electron chi connectivity index (χ3n) is 21.4. The third kappa shape index (κ3) is 10.6. The standard InChI is InChI=1S/C56H88O27/c1-20-15-74-56(46(68)41(20)79-49-39(66)37(64)35(62)22(3)75-49)21(2)34-32(83-56)14-29-27-9-8-25-12-26(59)13-33(54(25,7)28(27)10-11-53(29,34)6)78-51-45(43(31(61)17-72-51)80-48-38(65)36(63)30(60)16-71-48)82-50-40(67)44(42(23(4)76-50)77-24(5)58)81-52-47(69)55(70,18-57)19-73-52/h8,20-23,26-52,57,59-70H,9-19H2,1-7H3/t20-,21-,22+,23-,26+,27+,28-,29-,30+,31-,32-,33+,34-,35-,36-,37-,38+,39+,40+,41-,42-,43-,44-,45+,46-,47-,48-,49-,50-,51-,52-,53-,54-,55+,56-/m0/s1. The Hall–Kier alpha value is -1.79. The fourth-order valence-corrected chi connectivity index (χ4v) is 16.7. The summed E-state index contributed by atoms with van der Waals surface area (Å²) < 4.78 is 81.0. The highest BCUT2D eigenvalue weighted by molar-refractivity contribution is 5.66. The molecular formula is C56H88O27. The molecule has 13 N–H and O–H groups in total. The predicted octanol–water partition coefficient (Wildman–Crippen LogP) is -3.71. The average molecular weight is 1190 g/mol. The van der Waals surface area contributed by atoms with E-state index in [-0.39, 0.29) is 60.1 Å². The second kappa shape index (κ2) is 23.5. The predicted molar refractivity (Wildman–Crippen MR) is 274 cm³/mol. The van der Waals surface area contributed by atoms with Crippen LogP contribution >= 0.6 is 0 Å². The summed E-state index contributed by atoms with van der Waals surface area (Å²) >= 11 is 0. The molecule has 0 radical (unpaired) electrons. The van der Waals surface area contributed by atoms with Gasteiger partial charge in [0.2, 0.25) is 0 Å². The smallest absolute Gasteiger partial charge is 0.303 e. The first-order chi connectivity index (χ1) is 39.2. The summed E-state index contributed by atoms with van der Waals surface area (Å²) in [6, 6.07) is 0. The Labute approximate surface area is 480 Å². The molecule has 474 valence electrons. The molecule has 27 heteroatoms. The molecular weight excluding hydrogens is 1100 g/mol. The SMILES string of the molecule is CC(=O)O[C@@H]1[C@@H](O[C@@H]2OC[C@](O)(CO)[C@H]2O)[C@@H](O)[C@H](O[C@H]2[C@H](O[C@@H]3C[C@H](O)CC4=CC[C@H]5[C@@H]6C[C@@H]7O[C@@]8(OC[C@H](C)[C@H](O[C@@H]9O[C@H](C)[C@H](O)[C@H](O)[C@H]9O)[C@@H]8O)[C@@H](C)[C@@H]7[C@@]6(C)CC[C@@H]5[C@]43C)OC[C@H](O)[C@@H]2O[C@@H]2OC[C@@H](O)[C@H](O)[C@H]2O)O[C@H]1C. The van der Waals surface area contributed by atoms with Crippen molar-refractivity contribution in [2.45, 2.75) is 252 Å². The van der Waals surface area contributed by atoms with Crippen LogP contribution in [-0.4, -0.2) is 270 Å². The zero-order valence-electron chi connectivity index (χ0n) is 47.8. The van der Waals surface area contributed by atoms with E-state index in [0.717, 1.165) is 25.3 Å². The number of fused-ring (bicyclic) bond motifs is 7. The minimum Gasteiger partial charge on any atom is -0.457 e. The van der Waals surface area contributed by atoms with Gasteiger partial charge in [-0.25, -0.2) is 0 Å². The van der Waals surface area contributed by atoms with E-state index in [1.54, 1.807) is 6.92 Å². The second-order valence-electron chi connectivity index (χ2n) is 26.3. The summed E-state index contributed by atoms with van der Waals surface area (Å²) in [5, 5.41) is 143. The fourth-order valence-electron chi connectivity index (χ4n) is 16.7. The molecule has 0 aromatic rings. The van der Waals surface area contributed by atoms with Crippen LogP contribution in [0.2, 0.25) is 0 Å². The zero-order chi connectivity index (χ0) is 59.7. The maximum atomic E-state index is 12.5. The summed E-state index contributed by atoms with van der Waals surface area (Å²) in [5.41, 5.74) is -2.20. The molecule has 10 fully saturated rings. The van der Waals surface area contributed by atoms with Crippen molar-refractivity contribution in [3.05, 3.63) is 11.6 Å². The van der Waals surface area contributed by atoms with E-state index in [4.69, 9.17) is 61.6 Å². The molecule has 3 saturated carbocycles. The molecule has 0 amide bonds. The molecule has 35 atom stereocenters. The molecule has 7 heterocycles. The van der Waals surface area contributed by atoms with Crippen molar-refractivity contribution in [1.82, 2.24) is 0 Å². The average Bonchev–Trinajstić information content (AvgIpc) is 2.22. The van der Waals surface area contributed by atoms with Crippen LogP contribution < -0.4 is 0 Å². The van der Waals surface area contributed by atoms with E-state index in [9.17, 15) is 71.2 Å². The van der Waals surface area contributed by atoms with Crippen LogP contribution in [0, 0.1) is 46.3 Å². The van der Waals surface area contributed by atoms with Gasteiger partial charge in [0.05, 0.1) is 69.7 Å². The number of aliphatic hydroxyl groups is 13. The largest absolute Gasteiger partial charge is 0.457 e. The van der Waals surface area contributed by atoms with Crippen LogP contribution in [0.15, 0.2) is 11.6 Å². The van der Waals surface area contributed by atoms with E-state index in [2.05, 4.69) is 19.9 Å². The number of carbonyl (C=O) groups excluding carboxylic acids is 1. The van der Waals surface area contributed by atoms with Gasteiger partial charge in [0, 0.05) is 30.6 Å². The number of hydrogen-bond donors (Lipinski definition) is 13. The molecule has 0 aromatic carbocycles. The van der Waals surface area contributed by atoms with Crippen molar-refractivity contribution in [2.24, 2.45) is 46.3 Å². The van der Waals surface area contributed by atoms with Crippen molar-refractivity contribution in [3.8, 4) is 0 Å². The van der Waals surface area contributed by atoms with Gasteiger partial charge in [-0.15, -0.1) is 0 Å². The van der Waals surface area contributed by atoms with Gasteiger partial charge in [-0.2, -0.15) is 0 Å². The first-order valence-corrected chi connectivity index (χ1v) is 29.6. The molecule has 11 rings (SSSR count). The molecule has 0 bridgehead atoms. The lowest BCUT2D eigenvalue weighted by molar-refractivity contribution is -0.387.